The molecule has 9 nitrogen and oxygen atoms in total. The minimum absolute atomic E-state index is 0.00286. The highest BCUT2D eigenvalue weighted by Gasteiger charge is 2.54. The van der Waals surface area contributed by atoms with Gasteiger partial charge < -0.3 is 25.6 Å². The van der Waals surface area contributed by atoms with Crippen molar-refractivity contribution in [2.45, 2.75) is 24.1 Å². The van der Waals surface area contributed by atoms with Crippen molar-refractivity contribution in [3.05, 3.63) is 77.1 Å². The van der Waals surface area contributed by atoms with Gasteiger partial charge in [0.15, 0.2) is 11.8 Å². The monoisotopic (exact) mass is 469 g/mol. The summed E-state index contributed by atoms with van der Waals surface area (Å²) in [5.74, 6) is -0.905. The number of aliphatic hydroxyl groups excluding tert-OH is 1. The number of aliphatic hydroxyl groups is 1. The van der Waals surface area contributed by atoms with Crippen LogP contribution in [0.5, 0.6) is 5.75 Å². The van der Waals surface area contributed by atoms with Crippen LogP contribution in [0.4, 0.5) is 0 Å². The van der Waals surface area contributed by atoms with Crippen LogP contribution in [-0.2, 0) is 25.7 Å². The number of esters is 1. The molecular formula is C23H23N3O6S. The second kappa shape index (κ2) is 9.55. The molecule has 1 saturated heterocycles. The lowest BCUT2D eigenvalue weighted by Crippen LogP contribution is -2.71. The van der Waals surface area contributed by atoms with Crippen molar-refractivity contribution in [1.29, 1.82) is 0 Å². The lowest BCUT2D eigenvalue weighted by Gasteiger charge is -2.49. The molecule has 3 atom stereocenters. The highest BCUT2D eigenvalue weighted by atomic mass is 32.2. The van der Waals surface area contributed by atoms with Gasteiger partial charge in [0.05, 0.1) is 12.8 Å². The van der Waals surface area contributed by atoms with Gasteiger partial charge in [-0.05, 0) is 23.3 Å². The van der Waals surface area contributed by atoms with Crippen molar-refractivity contribution in [2.75, 3.05) is 12.9 Å². The topological polar surface area (TPSA) is 131 Å². The number of nitrogens with two attached hydrogens (primary N) is 1. The quantitative estimate of drug-likeness (QED) is 0.405. The smallest absolute Gasteiger partial charge is 0.357 e. The molecule has 2 amide bonds. The third-order valence-electron chi connectivity index (χ3n) is 5.38. The van der Waals surface area contributed by atoms with Gasteiger partial charge in [-0.1, -0.05) is 42.5 Å². The fourth-order valence-corrected chi connectivity index (χ4v) is 4.81. The third-order valence-corrected chi connectivity index (χ3v) is 6.68. The van der Waals surface area contributed by atoms with Crippen LogP contribution in [0.25, 0.3) is 0 Å². The van der Waals surface area contributed by atoms with E-state index in [4.69, 9.17) is 15.2 Å². The maximum atomic E-state index is 12.8. The Balaban J connectivity index is 1.40. The molecule has 2 aliphatic heterocycles. The van der Waals surface area contributed by atoms with Crippen molar-refractivity contribution < 1.29 is 29.0 Å². The first-order valence-electron chi connectivity index (χ1n) is 10.2. The number of nitrogens with zero attached hydrogens (tertiary/aromatic N) is 1. The fraction of sp³-hybridized carbons (Fsp3) is 0.261. The van der Waals surface area contributed by atoms with E-state index in [1.807, 2.05) is 0 Å². The van der Waals surface area contributed by atoms with E-state index >= 15 is 0 Å². The highest BCUT2D eigenvalue weighted by molar-refractivity contribution is 8.00. The van der Waals surface area contributed by atoms with Crippen molar-refractivity contribution in [1.82, 2.24) is 10.2 Å². The molecule has 0 radical (unpaired) electrons. The van der Waals surface area contributed by atoms with E-state index < -0.39 is 35.3 Å². The summed E-state index contributed by atoms with van der Waals surface area (Å²) in [4.78, 5) is 39.3. The highest BCUT2D eigenvalue weighted by Crippen LogP contribution is 2.39. The SMILES string of the molecule is COc1ccc(COC(=O)C2=C(N)CS[C@H]3C(NC(=O)C(O)c4ccccc4)C(=O)N23)cc1. The van der Waals surface area contributed by atoms with E-state index in [1.165, 1.54) is 16.7 Å². The van der Waals surface area contributed by atoms with Crippen LogP contribution < -0.4 is 15.8 Å². The number of β-lactam (4-membered cyclic amide) rings is 1. The number of methoxy groups -OCH3 is 1. The average molecular weight is 470 g/mol. The summed E-state index contributed by atoms with van der Waals surface area (Å²) in [7, 11) is 1.56. The van der Waals surface area contributed by atoms with Gasteiger partial charge in [-0.3, -0.25) is 14.5 Å². The minimum Gasteiger partial charge on any atom is -0.497 e. The van der Waals surface area contributed by atoms with Gasteiger partial charge in [-0.25, -0.2) is 4.79 Å². The van der Waals surface area contributed by atoms with Gasteiger partial charge in [0.25, 0.3) is 11.8 Å². The maximum Gasteiger partial charge on any atom is 0.357 e. The van der Waals surface area contributed by atoms with Crippen LogP contribution in [0, 0.1) is 0 Å². The molecule has 4 N–H and O–H groups in total. The molecule has 0 spiro atoms. The van der Waals surface area contributed by atoms with Crippen LogP contribution in [-0.4, -0.2) is 52.1 Å². The van der Waals surface area contributed by atoms with Crippen LogP contribution in [0.2, 0.25) is 0 Å². The summed E-state index contributed by atoms with van der Waals surface area (Å²) in [5.41, 5.74) is 7.42. The number of carbonyl (C=O) groups excluding carboxylic acids is 3. The molecule has 2 aromatic carbocycles. The van der Waals surface area contributed by atoms with Gasteiger partial charge in [0.2, 0.25) is 0 Å². The van der Waals surface area contributed by atoms with Crippen molar-refractivity contribution in [3.63, 3.8) is 0 Å². The summed E-state index contributed by atoms with van der Waals surface area (Å²) in [5, 5.41) is 12.3. The second-order valence-electron chi connectivity index (χ2n) is 7.51. The Morgan fingerprint density at radius 2 is 1.91 bits per heavy atom. The Hall–Kier alpha value is -3.50. The molecule has 172 valence electrons. The number of carbonyl (C=O) groups is 3. The number of ether oxygens (including phenoxy) is 2. The summed E-state index contributed by atoms with van der Waals surface area (Å²) >= 11 is 1.33. The number of hydrogen-bond acceptors (Lipinski definition) is 8. The summed E-state index contributed by atoms with van der Waals surface area (Å²) < 4.78 is 10.5. The number of hydrogen-bond donors (Lipinski definition) is 3. The second-order valence-corrected chi connectivity index (χ2v) is 8.61. The Bertz CT molecular complexity index is 1090. The lowest BCUT2D eigenvalue weighted by atomic mass is 10.0. The van der Waals surface area contributed by atoms with Gasteiger partial charge in [0, 0.05) is 5.75 Å². The number of thioether (sulfide) groups is 1. The normalized spacial score (nSPS) is 20.4. The molecule has 2 aliphatic rings. The van der Waals surface area contributed by atoms with E-state index in [0.717, 1.165) is 5.56 Å². The summed E-state index contributed by atoms with van der Waals surface area (Å²) in [6, 6.07) is 14.6. The molecule has 33 heavy (non-hydrogen) atoms. The van der Waals surface area contributed by atoms with Crippen LogP contribution in [0.1, 0.15) is 17.2 Å². The maximum absolute atomic E-state index is 12.8. The van der Waals surface area contributed by atoms with E-state index in [1.54, 1.807) is 61.7 Å². The first kappa shape index (κ1) is 22.7. The molecule has 0 saturated carbocycles. The summed E-state index contributed by atoms with van der Waals surface area (Å²) in [6.45, 7) is 0.00286. The molecule has 2 unspecified atom stereocenters. The molecular weight excluding hydrogens is 446 g/mol. The largest absolute Gasteiger partial charge is 0.497 e. The molecule has 2 aromatic rings. The lowest BCUT2D eigenvalue weighted by molar-refractivity contribution is -0.154. The molecule has 4 rings (SSSR count). The van der Waals surface area contributed by atoms with E-state index in [0.29, 0.717) is 17.1 Å². The zero-order valence-electron chi connectivity index (χ0n) is 17.8. The molecule has 1 fully saturated rings. The zero-order chi connectivity index (χ0) is 23.5. The summed E-state index contributed by atoms with van der Waals surface area (Å²) in [6.07, 6.45) is -1.41. The van der Waals surface area contributed by atoms with Crippen molar-refractivity contribution in [3.8, 4) is 5.75 Å². The number of rotatable bonds is 7. The van der Waals surface area contributed by atoms with Gasteiger partial charge in [0.1, 0.15) is 23.8 Å². The molecule has 10 heteroatoms. The predicted octanol–water partition coefficient (Wildman–Crippen LogP) is 1.04. The predicted molar refractivity (Wildman–Crippen MR) is 120 cm³/mol. The Morgan fingerprint density at radius 1 is 1.21 bits per heavy atom. The number of amides is 2. The number of nitrogens with one attached hydrogen (secondary N) is 1. The van der Waals surface area contributed by atoms with Gasteiger partial charge in [-0.15, -0.1) is 11.8 Å². The number of benzene rings is 2. The molecule has 0 aromatic heterocycles. The molecule has 2 heterocycles. The molecule has 0 bridgehead atoms. The third kappa shape index (κ3) is 4.53. The Kier molecular flexibility index (Phi) is 6.57. The van der Waals surface area contributed by atoms with Crippen LogP contribution in [0.15, 0.2) is 66.0 Å². The first-order chi connectivity index (χ1) is 15.9. The standard InChI is InChI=1S/C23H23N3O6S/c1-31-15-9-7-13(8-10-15)11-32-23(30)18-16(24)12-33-22-17(21(29)26(18)22)25-20(28)19(27)14-5-3-2-4-6-14/h2-10,17,19,22,27H,11-12,24H2,1H3,(H,25,28)/t17?,19?,22-/m0/s1. The van der Waals surface area contributed by atoms with Gasteiger partial charge >= 0.3 is 5.97 Å². The van der Waals surface area contributed by atoms with E-state index in [-0.39, 0.29) is 18.0 Å². The van der Waals surface area contributed by atoms with Crippen LogP contribution in [0.3, 0.4) is 0 Å². The average Bonchev–Trinajstić information content (AvgIpc) is 2.85. The van der Waals surface area contributed by atoms with Crippen LogP contribution >= 0.6 is 11.8 Å². The van der Waals surface area contributed by atoms with Crippen molar-refractivity contribution in [2.24, 2.45) is 5.73 Å². The van der Waals surface area contributed by atoms with E-state index in [2.05, 4.69) is 5.32 Å². The fourth-order valence-electron chi connectivity index (χ4n) is 3.59. The van der Waals surface area contributed by atoms with Gasteiger partial charge in [-0.2, -0.15) is 0 Å². The Morgan fingerprint density at radius 3 is 2.58 bits per heavy atom. The minimum atomic E-state index is -1.41. The van der Waals surface area contributed by atoms with E-state index in [9.17, 15) is 19.5 Å². The zero-order valence-corrected chi connectivity index (χ0v) is 18.6. The Labute approximate surface area is 194 Å². The first-order valence-corrected chi connectivity index (χ1v) is 11.2. The molecule has 0 aliphatic carbocycles. The number of fused-ring (bicyclic) bond motifs is 1. The van der Waals surface area contributed by atoms with Crippen molar-refractivity contribution >= 4 is 29.5 Å².